The van der Waals surface area contributed by atoms with Crippen LogP contribution in [0.4, 0.5) is 10.1 Å². The molecule has 6 nitrogen and oxygen atoms in total. The van der Waals surface area contributed by atoms with Crippen LogP contribution in [0.3, 0.4) is 0 Å². The van der Waals surface area contributed by atoms with Crippen molar-refractivity contribution in [3.8, 4) is 0 Å². The van der Waals surface area contributed by atoms with Crippen molar-refractivity contribution in [3.63, 3.8) is 0 Å². The Bertz CT molecular complexity index is 676. The lowest BCUT2D eigenvalue weighted by atomic mass is 9.86. The number of quaternary nitrogens is 2. The van der Waals surface area contributed by atoms with Crippen LogP contribution in [0.25, 0.3) is 0 Å². The van der Waals surface area contributed by atoms with Gasteiger partial charge in [0.05, 0.1) is 0 Å². The molecule has 7 heteroatoms. The second-order valence-electron chi connectivity index (χ2n) is 8.35. The molecule has 154 valence electrons. The van der Waals surface area contributed by atoms with Gasteiger partial charge in [0.15, 0.2) is 13.1 Å². The van der Waals surface area contributed by atoms with E-state index in [1.165, 1.54) is 41.2 Å². The first-order valence-electron chi connectivity index (χ1n) is 10.5. The average molecular weight is 393 g/mol. The monoisotopic (exact) mass is 392 g/mol. The van der Waals surface area contributed by atoms with E-state index in [1.807, 2.05) is 0 Å². The maximum absolute atomic E-state index is 13.2. The number of rotatable bonds is 6. The fourth-order valence-electron chi connectivity index (χ4n) is 4.32. The molecule has 4 N–H and O–H groups in total. The van der Waals surface area contributed by atoms with Gasteiger partial charge in [0.2, 0.25) is 0 Å². The van der Waals surface area contributed by atoms with Crippen LogP contribution in [-0.4, -0.2) is 57.1 Å². The highest BCUT2D eigenvalue weighted by molar-refractivity contribution is 5.91. The first-order chi connectivity index (χ1) is 13.5. The zero-order chi connectivity index (χ0) is 19.9. The fraction of sp³-hybridized carbons (Fsp3) is 0.619. The molecule has 2 aliphatic rings. The Labute approximate surface area is 166 Å². The SMILES string of the molecule is C[C@@H]1CCCC[C@H]1NC(=O)C[NH+]1CC[NH+](CC(=O)Nc2cccc(F)c2)CC1. The van der Waals surface area contributed by atoms with Crippen LogP contribution in [0.1, 0.15) is 32.6 Å². The molecule has 1 aromatic rings. The van der Waals surface area contributed by atoms with E-state index in [0.29, 0.717) is 30.7 Å². The molecule has 0 spiro atoms. The summed E-state index contributed by atoms with van der Waals surface area (Å²) < 4.78 is 13.2. The van der Waals surface area contributed by atoms with Gasteiger partial charge in [0, 0.05) is 11.7 Å². The molecule has 28 heavy (non-hydrogen) atoms. The summed E-state index contributed by atoms with van der Waals surface area (Å²) in [6, 6.07) is 6.28. The second-order valence-corrected chi connectivity index (χ2v) is 8.35. The van der Waals surface area contributed by atoms with Crippen LogP contribution >= 0.6 is 0 Å². The lowest BCUT2D eigenvalue weighted by Crippen LogP contribution is -3.28. The molecule has 1 heterocycles. The molecular formula is C21H33FN4O2+2. The fourth-order valence-corrected chi connectivity index (χ4v) is 4.32. The standard InChI is InChI=1S/C21H31FN4O2/c1-16-5-2-3-8-19(16)24-21(28)15-26-11-9-25(10-12-26)14-20(27)23-18-7-4-6-17(22)13-18/h4,6-7,13,16,19H,2-3,5,8-12,14-15H2,1H3,(H,23,27)(H,24,28)/p+2/t16-,19-/m1/s1. The molecule has 1 aliphatic carbocycles. The number of piperazine rings is 1. The maximum Gasteiger partial charge on any atom is 0.279 e. The minimum absolute atomic E-state index is 0.104. The first kappa shape index (κ1) is 20.7. The molecule has 1 saturated heterocycles. The number of nitrogens with one attached hydrogen (secondary N) is 4. The van der Waals surface area contributed by atoms with Crippen molar-refractivity contribution in [3.05, 3.63) is 30.1 Å². The number of hydrogen-bond donors (Lipinski definition) is 4. The largest absolute Gasteiger partial charge is 0.348 e. The summed E-state index contributed by atoms with van der Waals surface area (Å²) in [4.78, 5) is 27.1. The molecule has 1 saturated carbocycles. The normalized spacial score (nSPS) is 27.8. The van der Waals surface area contributed by atoms with Gasteiger partial charge < -0.3 is 20.4 Å². The highest BCUT2D eigenvalue weighted by Gasteiger charge is 2.28. The van der Waals surface area contributed by atoms with E-state index in [2.05, 4.69) is 17.6 Å². The minimum Gasteiger partial charge on any atom is -0.348 e. The molecule has 0 aromatic heterocycles. The van der Waals surface area contributed by atoms with Crippen LogP contribution in [0, 0.1) is 11.7 Å². The molecular weight excluding hydrogens is 359 g/mol. The molecule has 0 unspecified atom stereocenters. The van der Waals surface area contributed by atoms with Crippen molar-refractivity contribution in [1.29, 1.82) is 0 Å². The number of anilines is 1. The predicted molar refractivity (Wildman–Crippen MR) is 106 cm³/mol. The zero-order valence-corrected chi connectivity index (χ0v) is 16.7. The van der Waals surface area contributed by atoms with E-state index in [-0.39, 0.29) is 17.6 Å². The van der Waals surface area contributed by atoms with Crippen LogP contribution in [0.2, 0.25) is 0 Å². The Morgan fingerprint density at radius 3 is 2.32 bits per heavy atom. The maximum atomic E-state index is 13.2. The van der Waals surface area contributed by atoms with Crippen LogP contribution in [-0.2, 0) is 9.59 Å². The number of amides is 2. The Hall–Kier alpha value is -1.99. The molecule has 2 fully saturated rings. The van der Waals surface area contributed by atoms with Crippen molar-refractivity contribution in [2.24, 2.45) is 5.92 Å². The summed E-state index contributed by atoms with van der Waals surface area (Å²) in [5.41, 5.74) is 0.488. The third kappa shape index (κ3) is 6.27. The molecule has 0 bridgehead atoms. The van der Waals surface area contributed by atoms with Gasteiger partial charge in [-0.2, -0.15) is 0 Å². The van der Waals surface area contributed by atoms with Crippen molar-refractivity contribution < 1.29 is 23.8 Å². The third-order valence-corrected chi connectivity index (χ3v) is 6.05. The molecule has 3 rings (SSSR count). The van der Waals surface area contributed by atoms with E-state index in [0.717, 1.165) is 32.6 Å². The number of carbonyl (C=O) groups excluding carboxylic acids is 2. The van der Waals surface area contributed by atoms with Gasteiger partial charge >= 0.3 is 0 Å². The van der Waals surface area contributed by atoms with E-state index < -0.39 is 0 Å². The van der Waals surface area contributed by atoms with Crippen molar-refractivity contribution in [2.45, 2.75) is 38.6 Å². The van der Waals surface area contributed by atoms with Gasteiger partial charge in [0.25, 0.3) is 11.8 Å². The third-order valence-electron chi connectivity index (χ3n) is 6.05. The smallest absolute Gasteiger partial charge is 0.279 e. The van der Waals surface area contributed by atoms with E-state index in [4.69, 9.17) is 0 Å². The quantitative estimate of drug-likeness (QED) is 0.514. The zero-order valence-electron chi connectivity index (χ0n) is 16.7. The van der Waals surface area contributed by atoms with Crippen LogP contribution < -0.4 is 20.4 Å². The average Bonchev–Trinajstić information content (AvgIpc) is 2.65. The van der Waals surface area contributed by atoms with Gasteiger partial charge in [0.1, 0.15) is 32.0 Å². The van der Waals surface area contributed by atoms with Crippen LogP contribution in [0.5, 0.6) is 0 Å². The molecule has 2 amide bonds. The Morgan fingerprint density at radius 2 is 1.68 bits per heavy atom. The van der Waals surface area contributed by atoms with Gasteiger partial charge in [-0.25, -0.2) is 4.39 Å². The molecule has 1 aromatic carbocycles. The summed E-state index contributed by atoms with van der Waals surface area (Å²) >= 11 is 0. The summed E-state index contributed by atoms with van der Waals surface area (Å²) in [6.07, 6.45) is 4.79. The van der Waals surface area contributed by atoms with E-state index >= 15 is 0 Å². The molecule has 0 radical (unpaired) electrons. The minimum atomic E-state index is -0.358. The number of benzene rings is 1. The van der Waals surface area contributed by atoms with Gasteiger partial charge in [-0.3, -0.25) is 9.59 Å². The second kappa shape index (κ2) is 9.98. The number of halogens is 1. The van der Waals surface area contributed by atoms with Crippen molar-refractivity contribution in [1.82, 2.24) is 5.32 Å². The Kier molecular flexibility index (Phi) is 7.39. The summed E-state index contributed by atoms with van der Waals surface area (Å²) in [5.74, 6) is 0.267. The van der Waals surface area contributed by atoms with Gasteiger partial charge in [-0.1, -0.05) is 25.8 Å². The van der Waals surface area contributed by atoms with Crippen LogP contribution in [0.15, 0.2) is 24.3 Å². The first-order valence-corrected chi connectivity index (χ1v) is 10.5. The summed E-state index contributed by atoms with van der Waals surface area (Å²) in [5, 5.41) is 5.98. The molecule has 1 aliphatic heterocycles. The van der Waals surface area contributed by atoms with Gasteiger partial charge in [-0.05, 0) is 37.0 Å². The van der Waals surface area contributed by atoms with Gasteiger partial charge in [-0.15, -0.1) is 0 Å². The lowest BCUT2D eigenvalue weighted by molar-refractivity contribution is -1.00. The topological polar surface area (TPSA) is 67.1 Å². The predicted octanol–water partition coefficient (Wildman–Crippen LogP) is -0.757. The van der Waals surface area contributed by atoms with E-state index in [1.54, 1.807) is 12.1 Å². The van der Waals surface area contributed by atoms with E-state index in [9.17, 15) is 14.0 Å². The highest BCUT2D eigenvalue weighted by Crippen LogP contribution is 2.23. The molecule has 2 atom stereocenters. The Balaban J connectivity index is 1.36. The summed E-state index contributed by atoms with van der Waals surface area (Å²) in [6.45, 7) is 6.61. The van der Waals surface area contributed by atoms with Crippen molar-refractivity contribution in [2.75, 3.05) is 44.6 Å². The highest BCUT2D eigenvalue weighted by atomic mass is 19.1. The Morgan fingerprint density at radius 1 is 1.04 bits per heavy atom. The number of hydrogen-bond acceptors (Lipinski definition) is 2. The lowest BCUT2D eigenvalue weighted by Gasteiger charge is -2.31. The number of carbonyl (C=O) groups is 2. The van der Waals surface area contributed by atoms with Crippen molar-refractivity contribution >= 4 is 17.5 Å². The summed E-state index contributed by atoms with van der Waals surface area (Å²) in [7, 11) is 0.